The Morgan fingerprint density at radius 1 is 1.35 bits per heavy atom. The van der Waals surface area contributed by atoms with Crippen LogP contribution in [0.2, 0.25) is 0 Å². The molecule has 144 valence electrons. The second-order valence-corrected chi connectivity index (χ2v) is 6.72. The SMILES string of the molecule is CCC1OC(Oc2cc([N+](=O)[O-])c(O)cc2C)C(OC(C)=O)C(C)C1C. The van der Waals surface area contributed by atoms with Crippen LogP contribution in [-0.2, 0) is 14.3 Å². The zero-order chi connectivity index (χ0) is 19.6. The van der Waals surface area contributed by atoms with Crippen molar-refractivity contribution in [2.45, 2.75) is 59.5 Å². The molecule has 8 nitrogen and oxygen atoms in total. The lowest BCUT2D eigenvalue weighted by Gasteiger charge is -2.43. The highest BCUT2D eigenvalue weighted by molar-refractivity contribution is 5.66. The second kappa shape index (κ2) is 7.90. The molecule has 0 saturated carbocycles. The van der Waals surface area contributed by atoms with Crippen molar-refractivity contribution in [1.29, 1.82) is 0 Å². The van der Waals surface area contributed by atoms with Crippen molar-refractivity contribution in [2.75, 3.05) is 0 Å². The van der Waals surface area contributed by atoms with Gasteiger partial charge in [0.2, 0.25) is 6.29 Å². The summed E-state index contributed by atoms with van der Waals surface area (Å²) in [5.74, 6) is -0.549. The third kappa shape index (κ3) is 4.07. The summed E-state index contributed by atoms with van der Waals surface area (Å²) in [5, 5.41) is 20.8. The Morgan fingerprint density at radius 3 is 2.54 bits per heavy atom. The van der Waals surface area contributed by atoms with Crippen molar-refractivity contribution in [1.82, 2.24) is 0 Å². The molecule has 0 amide bonds. The van der Waals surface area contributed by atoms with Gasteiger partial charge in [-0.2, -0.15) is 0 Å². The normalized spacial score (nSPS) is 28.4. The van der Waals surface area contributed by atoms with Gasteiger partial charge in [0.1, 0.15) is 5.75 Å². The molecule has 5 atom stereocenters. The summed E-state index contributed by atoms with van der Waals surface area (Å²) < 4.78 is 17.3. The third-order valence-corrected chi connectivity index (χ3v) is 4.93. The van der Waals surface area contributed by atoms with E-state index in [9.17, 15) is 20.0 Å². The van der Waals surface area contributed by atoms with Gasteiger partial charge < -0.3 is 19.3 Å². The molecule has 1 fully saturated rings. The maximum Gasteiger partial charge on any atom is 0.314 e. The van der Waals surface area contributed by atoms with Gasteiger partial charge >= 0.3 is 11.7 Å². The number of phenolic OH excluding ortho intramolecular Hbond substituents is 1. The molecule has 26 heavy (non-hydrogen) atoms. The highest BCUT2D eigenvalue weighted by Gasteiger charge is 2.44. The summed E-state index contributed by atoms with van der Waals surface area (Å²) in [7, 11) is 0. The molecule has 8 heteroatoms. The first-order chi connectivity index (χ1) is 12.1. The van der Waals surface area contributed by atoms with Gasteiger partial charge in [-0.05, 0) is 30.9 Å². The van der Waals surface area contributed by atoms with Crippen molar-refractivity contribution in [2.24, 2.45) is 11.8 Å². The van der Waals surface area contributed by atoms with E-state index in [4.69, 9.17) is 14.2 Å². The number of benzene rings is 1. The fraction of sp³-hybridized carbons (Fsp3) is 0.611. The minimum absolute atomic E-state index is 0.0185. The summed E-state index contributed by atoms with van der Waals surface area (Å²) in [6.45, 7) is 8.96. The monoisotopic (exact) mass is 367 g/mol. The maximum atomic E-state index is 11.5. The predicted octanol–water partition coefficient (Wildman–Crippen LogP) is 3.33. The molecule has 0 spiro atoms. The van der Waals surface area contributed by atoms with Crippen LogP contribution in [0, 0.1) is 28.9 Å². The van der Waals surface area contributed by atoms with Crippen LogP contribution in [0.3, 0.4) is 0 Å². The number of phenols is 1. The third-order valence-electron chi connectivity index (χ3n) is 4.93. The van der Waals surface area contributed by atoms with Crippen LogP contribution in [0.4, 0.5) is 5.69 Å². The van der Waals surface area contributed by atoms with Crippen molar-refractivity contribution in [3.8, 4) is 11.5 Å². The first-order valence-corrected chi connectivity index (χ1v) is 8.63. The van der Waals surface area contributed by atoms with Crippen molar-refractivity contribution >= 4 is 11.7 Å². The van der Waals surface area contributed by atoms with Crippen LogP contribution >= 0.6 is 0 Å². The smallest absolute Gasteiger partial charge is 0.314 e. The number of nitro groups is 1. The Kier molecular flexibility index (Phi) is 6.07. The van der Waals surface area contributed by atoms with Crippen LogP contribution in [0.15, 0.2) is 12.1 Å². The number of carbonyl (C=O) groups is 1. The molecule has 0 aliphatic carbocycles. The van der Waals surface area contributed by atoms with E-state index in [2.05, 4.69) is 0 Å². The van der Waals surface area contributed by atoms with Crippen LogP contribution in [-0.4, -0.2) is 34.5 Å². The zero-order valence-corrected chi connectivity index (χ0v) is 15.6. The fourth-order valence-corrected chi connectivity index (χ4v) is 3.24. The Hall–Kier alpha value is -2.35. The first kappa shape index (κ1) is 20.0. The van der Waals surface area contributed by atoms with Crippen LogP contribution in [0.25, 0.3) is 0 Å². The van der Waals surface area contributed by atoms with E-state index in [1.165, 1.54) is 13.0 Å². The van der Waals surface area contributed by atoms with Crippen molar-refractivity contribution in [3.05, 3.63) is 27.8 Å². The molecule has 1 saturated heterocycles. The molecule has 0 bridgehead atoms. The van der Waals surface area contributed by atoms with Gasteiger partial charge in [-0.3, -0.25) is 14.9 Å². The lowest BCUT2D eigenvalue weighted by molar-refractivity contribution is -0.386. The van der Waals surface area contributed by atoms with Gasteiger partial charge in [0.05, 0.1) is 17.1 Å². The van der Waals surface area contributed by atoms with E-state index < -0.39 is 34.7 Å². The summed E-state index contributed by atoms with van der Waals surface area (Å²) in [5.41, 5.74) is 0.0523. The summed E-state index contributed by atoms with van der Waals surface area (Å²) in [6, 6.07) is 2.42. The van der Waals surface area contributed by atoms with Gasteiger partial charge in [-0.1, -0.05) is 20.8 Å². The molecule has 1 aromatic rings. The van der Waals surface area contributed by atoms with Crippen LogP contribution < -0.4 is 4.74 Å². The average Bonchev–Trinajstić information content (AvgIpc) is 2.55. The molecule has 0 radical (unpaired) electrons. The van der Waals surface area contributed by atoms with Crippen molar-refractivity contribution in [3.63, 3.8) is 0 Å². The molecule has 1 aliphatic rings. The van der Waals surface area contributed by atoms with Gasteiger partial charge in [0.25, 0.3) is 0 Å². The number of ether oxygens (including phenoxy) is 3. The summed E-state index contributed by atoms with van der Waals surface area (Å²) >= 11 is 0. The lowest BCUT2D eigenvalue weighted by Crippen LogP contribution is -2.53. The zero-order valence-electron chi connectivity index (χ0n) is 15.6. The highest BCUT2D eigenvalue weighted by Crippen LogP contribution is 2.38. The van der Waals surface area contributed by atoms with E-state index >= 15 is 0 Å². The van der Waals surface area contributed by atoms with E-state index in [0.717, 1.165) is 12.5 Å². The van der Waals surface area contributed by atoms with E-state index in [1.54, 1.807) is 6.92 Å². The first-order valence-electron chi connectivity index (χ1n) is 8.63. The molecule has 1 heterocycles. The largest absolute Gasteiger partial charge is 0.502 e. The second-order valence-electron chi connectivity index (χ2n) is 6.72. The number of carbonyl (C=O) groups excluding carboxylic acids is 1. The number of aromatic hydroxyl groups is 1. The number of nitrogens with zero attached hydrogens (tertiary/aromatic N) is 1. The van der Waals surface area contributed by atoms with E-state index in [1.807, 2.05) is 20.8 Å². The van der Waals surface area contributed by atoms with Gasteiger partial charge in [-0.25, -0.2) is 0 Å². The number of esters is 1. The number of nitro benzene ring substituents is 1. The topological polar surface area (TPSA) is 108 Å². The van der Waals surface area contributed by atoms with Crippen LogP contribution in [0.1, 0.15) is 39.7 Å². The van der Waals surface area contributed by atoms with E-state index in [-0.39, 0.29) is 23.7 Å². The molecule has 1 aromatic carbocycles. The predicted molar refractivity (Wildman–Crippen MR) is 93.0 cm³/mol. The fourth-order valence-electron chi connectivity index (χ4n) is 3.24. The van der Waals surface area contributed by atoms with Gasteiger partial charge in [0.15, 0.2) is 11.9 Å². The van der Waals surface area contributed by atoms with Gasteiger partial charge in [0, 0.05) is 12.8 Å². The molecule has 0 aromatic heterocycles. The minimum Gasteiger partial charge on any atom is -0.502 e. The molecular formula is C18H25NO7. The molecule has 1 N–H and O–H groups in total. The Balaban J connectivity index is 2.36. The number of rotatable bonds is 5. The lowest BCUT2D eigenvalue weighted by atomic mass is 9.82. The van der Waals surface area contributed by atoms with Gasteiger partial charge in [-0.15, -0.1) is 0 Å². The summed E-state index contributed by atoms with van der Waals surface area (Å²) in [6.07, 6.45) is -0.864. The number of hydrogen-bond acceptors (Lipinski definition) is 7. The summed E-state index contributed by atoms with van der Waals surface area (Å²) in [4.78, 5) is 21.9. The minimum atomic E-state index is -0.891. The quantitative estimate of drug-likeness (QED) is 0.483. The highest BCUT2D eigenvalue weighted by atomic mass is 16.7. The Bertz CT molecular complexity index is 690. The van der Waals surface area contributed by atoms with E-state index in [0.29, 0.717) is 5.56 Å². The Morgan fingerprint density at radius 2 is 2.00 bits per heavy atom. The number of hydrogen-bond donors (Lipinski definition) is 1. The van der Waals surface area contributed by atoms with Crippen molar-refractivity contribution < 1.29 is 29.0 Å². The molecule has 2 rings (SSSR count). The van der Waals surface area contributed by atoms with Crippen LogP contribution in [0.5, 0.6) is 11.5 Å². The molecular weight excluding hydrogens is 342 g/mol. The molecule has 5 unspecified atom stereocenters. The average molecular weight is 367 g/mol. The maximum absolute atomic E-state index is 11.5. The molecule has 1 aliphatic heterocycles. The number of aryl methyl sites for hydroxylation is 1. The Labute approximate surface area is 152 Å². The standard InChI is InChI=1S/C18H25NO7/c1-6-15-10(3)11(4)17(24-12(5)20)18(25-15)26-16-8-13(19(22)23)14(21)7-9(16)2/h7-8,10-11,15,17-18,21H,6H2,1-5H3.